The second kappa shape index (κ2) is 5.78. The third kappa shape index (κ3) is 3.06. The zero-order valence-electron chi connectivity index (χ0n) is 12.0. The Kier molecular flexibility index (Phi) is 4.45. The van der Waals surface area contributed by atoms with E-state index in [1.165, 1.54) is 6.08 Å². The van der Waals surface area contributed by atoms with Crippen molar-refractivity contribution in [2.24, 2.45) is 17.3 Å². The van der Waals surface area contributed by atoms with Crippen molar-refractivity contribution in [1.29, 1.82) is 0 Å². The fourth-order valence-corrected chi connectivity index (χ4v) is 2.72. The summed E-state index contributed by atoms with van der Waals surface area (Å²) in [6.07, 6.45) is -2.96. The molecule has 0 aliphatic heterocycles. The molecule has 23 heavy (non-hydrogen) atoms. The zero-order valence-corrected chi connectivity index (χ0v) is 12.8. The van der Waals surface area contributed by atoms with Gasteiger partial charge in [-0.2, -0.15) is 8.78 Å². The van der Waals surface area contributed by atoms with Crippen molar-refractivity contribution in [3.63, 3.8) is 0 Å². The highest BCUT2D eigenvalue weighted by Gasteiger charge is 2.62. The predicted molar refractivity (Wildman–Crippen MR) is 72.1 cm³/mol. The summed E-state index contributed by atoms with van der Waals surface area (Å²) in [6.45, 7) is 3.30. The van der Waals surface area contributed by atoms with E-state index < -0.39 is 52.3 Å². The molecule has 1 saturated carbocycles. The number of rotatable bonds is 4. The maximum atomic E-state index is 13.9. The molecule has 2 atom stereocenters. The van der Waals surface area contributed by atoms with Gasteiger partial charge in [-0.3, -0.25) is 4.79 Å². The molecular formula is C15H12ClF5O2. The van der Waals surface area contributed by atoms with Gasteiger partial charge in [0.05, 0.1) is 5.92 Å². The van der Waals surface area contributed by atoms with Gasteiger partial charge in [0.15, 0.2) is 17.5 Å². The van der Waals surface area contributed by atoms with Gasteiger partial charge in [-0.1, -0.05) is 31.5 Å². The van der Waals surface area contributed by atoms with Crippen LogP contribution < -0.4 is 0 Å². The van der Waals surface area contributed by atoms with Crippen molar-refractivity contribution in [3.05, 3.63) is 46.8 Å². The first-order chi connectivity index (χ1) is 10.5. The molecule has 0 amide bonds. The molecule has 0 radical (unpaired) electrons. The second-order valence-electron chi connectivity index (χ2n) is 5.80. The Bertz CT molecular complexity index is 672. The lowest BCUT2D eigenvalue weighted by Crippen LogP contribution is -2.26. The van der Waals surface area contributed by atoms with E-state index in [2.05, 4.69) is 4.74 Å². The van der Waals surface area contributed by atoms with E-state index in [1.54, 1.807) is 13.8 Å². The van der Waals surface area contributed by atoms with Crippen LogP contribution in [-0.2, 0) is 15.6 Å². The van der Waals surface area contributed by atoms with Crippen LogP contribution in [0.5, 0.6) is 0 Å². The first kappa shape index (κ1) is 17.7. The molecule has 0 aromatic heterocycles. The number of benzene rings is 1. The summed E-state index contributed by atoms with van der Waals surface area (Å²) >= 11 is 5.41. The number of allylic oxidation sites excluding steroid dienone is 1. The molecule has 0 unspecified atom stereocenters. The summed E-state index contributed by atoms with van der Waals surface area (Å²) in [5, 5.41) is 0. The fourth-order valence-electron chi connectivity index (χ4n) is 2.56. The average Bonchev–Trinajstić information content (AvgIpc) is 2.97. The molecular weight excluding hydrogens is 343 g/mol. The molecule has 0 N–H and O–H groups in total. The van der Waals surface area contributed by atoms with Crippen molar-refractivity contribution >= 4 is 17.6 Å². The maximum absolute atomic E-state index is 13.9. The summed E-state index contributed by atoms with van der Waals surface area (Å²) in [4.78, 5) is 11.9. The van der Waals surface area contributed by atoms with Crippen LogP contribution >= 0.6 is 11.6 Å². The minimum atomic E-state index is -4.43. The first-order valence-electron chi connectivity index (χ1n) is 6.55. The number of alkyl halides is 2. The number of carbonyl (C=O) groups is 1. The van der Waals surface area contributed by atoms with E-state index in [0.29, 0.717) is 12.1 Å². The molecule has 126 valence electrons. The Labute approximate surface area is 133 Å². The smallest absolute Gasteiger partial charge is 0.397 e. The number of halogens is 6. The molecule has 1 aromatic rings. The molecule has 1 aromatic carbocycles. The van der Waals surface area contributed by atoms with Crippen LogP contribution in [0, 0.1) is 34.7 Å². The lowest BCUT2D eigenvalue weighted by atomic mass is 10.1. The summed E-state index contributed by atoms with van der Waals surface area (Å²) < 4.78 is 71.2. The highest BCUT2D eigenvalue weighted by atomic mass is 35.5. The summed E-state index contributed by atoms with van der Waals surface area (Å²) in [5.41, 5.74) is -1.04. The van der Waals surface area contributed by atoms with Crippen LogP contribution in [0.3, 0.4) is 0 Å². The SMILES string of the molecule is CC1(C)[C@H](C(=O)OC(F)(F)c2ccc(F)c(F)c2F)[C@@H]1C=CCl. The van der Waals surface area contributed by atoms with Crippen molar-refractivity contribution in [3.8, 4) is 0 Å². The number of hydrogen-bond acceptors (Lipinski definition) is 2. The Morgan fingerprint density at radius 3 is 2.43 bits per heavy atom. The van der Waals surface area contributed by atoms with Crippen molar-refractivity contribution in [2.75, 3.05) is 0 Å². The molecule has 0 bridgehead atoms. The van der Waals surface area contributed by atoms with E-state index in [9.17, 15) is 26.7 Å². The third-order valence-electron chi connectivity index (χ3n) is 4.02. The minimum Gasteiger partial charge on any atom is -0.397 e. The van der Waals surface area contributed by atoms with E-state index in [4.69, 9.17) is 11.6 Å². The van der Waals surface area contributed by atoms with Crippen molar-refractivity contribution in [2.45, 2.75) is 20.0 Å². The molecule has 2 nitrogen and oxygen atoms in total. The van der Waals surface area contributed by atoms with Crippen LogP contribution in [0.15, 0.2) is 23.7 Å². The zero-order chi connectivity index (χ0) is 17.6. The number of hydrogen-bond donors (Lipinski definition) is 0. The lowest BCUT2D eigenvalue weighted by Gasteiger charge is -2.18. The van der Waals surface area contributed by atoms with E-state index >= 15 is 0 Å². The molecule has 1 aliphatic carbocycles. The molecule has 1 fully saturated rings. The largest absolute Gasteiger partial charge is 0.431 e. The van der Waals surface area contributed by atoms with Gasteiger partial charge >= 0.3 is 12.1 Å². The molecule has 0 saturated heterocycles. The first-order valence-corrected chi connectivity index (χ1v) is 6.99. The molecule has 2 rings (SSSR count). The van der Waals surface area contributed by atoms with Gasteiger partial charge in [0.2, 0.25) is 0 Å². The predicted octanol–water partition coefficient (Wildman–Crippen LogP) is 4.72. The van der Waals surface area contributed by atoms with Gasteiger partial charge in [-0.25, -0.2) is 13.2 Å². The Hall–Kier alpha value is -1.63. The lowest BCUT2D eigenvalue weighted by molar-refractivity contribution is -0.243. The monoisotopic (exact) mass is 354 g/mol. The minimum absolute atomic E-state index is 0.329. The molecule has 0 heterocycles. The van der Waals surface area contributed by atoms with Crippen LogP contribution in [-0.4, -0.2) is 5.97 Å². The van der Waals surface area contributed by atoms with Gasteiger partial charge in [0.1, 0.15) is 5.56 Å². The number of ether oxygens (including phenoxy) is 1. The van der Waals surface area contributed by atoms with E-state index in [-0.39, 0.29) is 0 Å². The molecule has 0 spiro atoms. The van der Waals surface area contributed by atoms with Crippen LogP contribution in [0.1, 0.15) is 19.4 Å². The van der Waals surface area contributed by atoms with Crippen LogP contribution in [0.4, 0.5) is 22.0 Å². The van der Waals surface area contributed by atoms with Gasteiger partial charge in [0.25, 0.3) is 0 Å². The second-order valence-corrected chi connectivity index (χ2v) is 6.06. The average molecular weight is 355 g/mol. The summed E-state index contributed by atoms with van der Waals surface area (Å²) in [7, 11) is 0. The van der Waals surface area contributed by atoms with E-state index in [0.717, 1.165) is 5.54 Å². The van der Waals surface area contributed by atoms with Gasteiger partial charge < -0.3 is 4.74 Å². The van der Waals surface area contributed by atoms with Crippen molar-refractivity contribution in [1.82, 2.24) is 0 Å². The van der Waals surface area contributed by atoms with Crippen LogP contribution in [0.2, 0.25) is 0 Å². The van der Waals surface area contributed by atoms with E-state index in [1.807, 2.05) is 0 Å². The summed E-state index contributed by atoms with van der Waals surface area (Å²) in [6, 6.07) is 0.658. The number of esters is 1. The topological polar surface area (TPSA) is 26.3 Å². The number of carbonyl (C=O) groups excluding carboxylic acids is 1. The van der Waals surface area contributed by atoms with Crippen molar-refractivity contribution < 1.29 is 31.5 Å². The highest BCUT2D eigenvalue weighted by molar-refractivity contribution is 6.25. The molecule has 8 heteroatoms. The molecule has 1 aliphatic rings. The van der Waals surface area contributed by atoms with Gasteiger partial charge in [0, 0.05) is 5.54 Å². The van der Waals surface area contributed by atoms with Gasteiger partial charge in [-0.05, 0) is 23.5 Å². The fraction of sp³-hybridized carbons (Fsp3) is 0.400. The Morgan fingerprint density at radius 1 is 1.26 bits per heavy atom. The normalized spacial score (nSPS) is 23.1. The summed E-state index contributed by atoms with van der Waals surface area (Å²) in [5.74, 6) is -8.36. The standard InChI is InChI=1S/C15H12ClF5O2/c1-14(2)7(5-6-16)10(14)13(22)23-15(20,21)8-3-4-9(17)12(19)11(8)18/h3-7,10H,1-2H3/t7-,10-/m0/s1. The Balaban J connectivity index is 2.23. The third-order valence-corrected chi connectivity index (χ3v) is 4.17. The van der Waals surface area contributed by atoms with Gasteiger partial charge in [-0.15, -0.1) is 0 Å². The maximum Gasteiger partial charge on any atom is 0.431 e. The quantitative estimate of drug-likeness (QED) is 0.444. The van der Waals surface area contributed by atoms with Crippen LogP contribution in [0.25, 0.3) is 0 Å². The Morgan fingerprint density at radius 2 is 1.87 bits per heavy atom. The highest BCUT2D eigenvalue weighted by Crippen LogP contribution is 2.60.